The maximum atomic E-state index is 12.8. The first-order valence-electron chi connectivity index (χ1n) is 5.42. The highest BCUT2D eigenvalue weighted by atomic mass is 19.1. The molecule has 0 aromatic heterocycles. The zero-order valence-corrected chi connectivity index (χ0v) is 9.83. The number of halogens is 1. The second-order valence-electron chi connectivity index (χ2n) is 3.61. The molecule has 0 aliphatic rings. The van der Waals surface area contributed by atoms with Crippen molar-refractivity contribution in [2.45, 2.75) is 13.3 Å². The van der Waals surface area contributed by atoms with Crippen LogP contribution in [0, 0.1) is 12.7 Å². The molecule has 0 spiro atoms. The summed E-state index contributed by atoms with van der Waals surface area (Å²) in [6.45, 7) is 6.16. The predicted octanol–water partition coefficient (Wildman–Crippen LogP) is 2.41. The van der Waals surface area contributed by atoms with Gasteiger partial charge in [0.25, 0.3) is 5.91 Å². The largest absolute Gasteiger partial charge is 0.502 e. The van der Waals surface area contributed by atoms with Gasteiger partial charge in [-0.15, -0.1) is 0 Å². The van der Waals surface area contributed by atoms with Crippen molar-refractivity contribution in [3.8, 4) is 0 Å². The van der Waals surface area contributed by atoms with Crippen LogP contribution in [0.1, 0.15) is 22.3 Å². The maximum absolute atomic E-state index is 12.8. The summed E-state index contributed by atoms with van der Waals surface area (Å²) in [5.74, 6) is -0.528. The van der Waals surface area contributed by atoms with Gasteiger partial charge in [-0.25, -0.2) is 4.39 Å². The fourth-order valence-electron chi connectivity index (χ4n) is 1.42. The summed E-state index contributed by atoms with van der Waals surface area (Å²) in [6, 6.07) is 4.11. The summed E-state index contributed by atoms with van der Waals surface area (Å²) in [5, 5.41) is 2.74. The Morgan fingerprint density at radius 3 is 3.00 bits per heavy atom. The zero-order valence-electron chi connectivity index (χ0n) is 9.83. The van der Waals surface area contributed by atoms with E-state index >= 15 is 0 Å². The van der Waals surface area contributed by atoms with Crippen LogP contribution >= 0.6 is 0 Å². The van der Waals surface area contributed by atoms with Crippen LogP contribution in [0.15, 0.2) is 31.0 Å². The third-order valence-corrected chi connectivity index (χ3v) is 2.28. The highest BCUT2D eigenvalue weighted by Crippen LogP contribution is 2.09. The molecule has 0 saturated carbocycles. The van der Waals surface area contributed by atoms with Gasteiger partial charge in [0.1, 0.15) is 5.82 Å². The van der Waals surface area contributed by atoms with E-state index in [1.807, 2.05) is 0 Å². The number of carbonyl (C=O) groups is 1. The lowest BCUT2D eigenvalue weighted by Gasteiger charge is -2.07. The van der Waals surface area contributed by atoms with Gasteiger partial charge in [-0.3, -0.25) is 4.79 Å². The van der Waals surface area contributed by atoms with Crippen LogP contribution < -0.4 is 5.32 Å². The number of ether oxygens (including phenoxy) is 1. The van der Waals surface area contributed by atoms with Crippen molar-refractivity contribution in [3.63, 3.8) is 0 Å². The third-order valence-electron chi connectivity index (χ3n) is 2.28. The lowest BCUT2D eigenvalue weighted by molar-refractivity contribution is 0.0950. The molecule has 0 aliphatic heterocycles. The van der Waals surface area contributed by atoms with Crippen LogP contribution in [0.5, 0.6) is 0 Å². The Kier molecular flexibility index (Phi) is 5.20. The number of amides is 1. The van der Waals surface area contributed by atoms with Gasteiger partial charge >= 0.3 is 0 Å². The third kappa shape index (κ3) is 4.26. The molecule has 0 atom stereocenters. The Labute approximate surface area is 100 Å². The van der Waals surface area contributed by atoms with Crippen molar-refractivity contribution in [2.24, 2.45) is 0 Å². The van der Waals surface area contributed by atoms with E-state index in [1.54, 1.807) is 6.92 Å². The molecule has 0 radical (unpaired) electrons. The molecule has 17 heavy (non-hydrogen) atoms. The highest BCUT2D eigenvalue weighted by Gasteiger charge is 2.08. The molecular weight excluding hydrogens is 221 g/mol. The van der Waals surface area contributed by atoms with E-state index in [-0.39, 0.29) is 11.7 Å². The van der Waals surface area contributed by atoms with Crippen LogP contribution in [0.25, 0.3) is 0 Å². The Hall–Kier alpha value is -1.84. The van der Waals surface area contributed by atoms with Gasteiger partial charge < -0.3 is 10.1 Å². The second-order valence-corrected chi connectivity index (χ2v) is 3.61. The van der Waals surface area contributed by atoms with Gasteiger partial charge in [-0.05, 0) is 37.1 Å². The van der Waals surface area contributed by atoms with Crippen LogP contribution in [0.2, 0.25) is 0 Å². The molecule has 4 heteroatoms. The maximum Gasteiger partial charge on any atom is 0.251 e. The van der Waals surface area contributed by atoms with Crippen molar-refractivity contribution in [1.82, 2.24) is 5.32 Å². The number of hydrogen-bond acceptors (Lipinski definition) is 2. The average Bonchev–Trinajstić information content (AvgIpc) is 2.28. The van der Waals surface area contributed by atoms with E-state index < -0.39 is 0 Å². The van der Waals surface area contributed by atoms with Crippen molar-refractivity contribution in [3.05, 3.63) is 48.0 Å². The molecule has 92 valence electrons. The van der Waals surface area contributed by atoms with E-state index in [1.165, 1.54) is 24.5 Å². The lowest BCUT2D eigenvalue weighted by Crippen LogP contribution is -2.25. The van der Waals surface area contributed by atoms with Gasteiger partial charge in [-0.2, -0.15) is 0 Å². The number of nitrogens with one attached hydrogen (secondary N) is 1. The Bertz CT molecular complexity index is 404. The highest BCUT2D eigenvalue weighted by molar-refractivity contribution is 5.95. The topological polar surface area (TPSA) is 38.3 Å². The van der Waals surface area contributed by atoms with Crippen LogP contribution in [0.4, 0.5) is 4.39 Å². The molecular formula is C13H16FNO2. The average molecular weight is 237 g/mol. The van der Waals surface area contributed by atoms with E-state index in [4.69, 9.17) is 4.74 Å². The number of aryl methyl sites for hydroxylation is 1. The van der Waals surface area contributed by atoms with E-state index in [2.05, 4.69) is 11.9 Å². The monoisotopic (exact) mass is 237 g/mol. The molecule has 0 bridgehead atoms. The van der Waals surface area contributed by atoms with E-state index in [9.17, 15) is 9.18 Å². The second kappa shape index (κ2) is 6.68. The summed E-state index contributed by atoms with van der Waals surface area (Å²) >= 11 is 0. The minimum absolute atomic E-state index is 0.193. The van der Waals surface area contributed by atoms with Gasteiger partial charge in [0.15, 0.2) is 0 Å². The summed E-state index contributed by atoms with van der Waals surface area (Å²) in [7, 11) is 0. The minimum atomic E-state index is -0.335. The van der Waals surface area contributed by atoms with E-state index in [0.29, 0.717) is 30.7 Å². The molecule has 3 nitrogen and oxygen atoms in total. The SMILES string of the molecule is C=COCCCNC(=O)c1ccc(F)cc1C. The number of hydrogen-bond donors (Lipinski definition) is 1. The van der Waals surface area contributed by atoms with Gasteiger partial charge in [0.05, 0.1) is 12.9 Å². The number of benzene rings is 1. The van der Waals surface area contributed by atoms with Gasteiger partial charge in [0, 0.05) is 12.1 Å². The van der Waals surface area contributed by atoms with Crippen LogP contribution in [-0.2, 0) is 4.74 Å². The Morgan fingerprint density at radius 1 is 1.59 bits per heavy atom. The fourth-order valence-corrected chi connectivity index (χ4v) is 1.42. The molecule has 1 N–H and O–H groups in total. The van der Waals surface area contributed by atoms with Crippen molar-refractivity contribution in [1.29, 1.82) is 0 Å². The molecule has 1 rings (SSSR count). The molecule has 0 heterocycles. The Balaban J connectivity index is 2.44. The van der Waals surface area contributed by atoms with E-state index in [0.717, 1.165) is 0 Å². The molecule has 1 aromatic rings. The minimum Gasteiger partial charge on any atom is -0.502 e. The summed E-state index contributed by atoms with van der Waals surface area (Å²) in [5.41, 5.74) is 1.13. The molecule has 0 saturated heterocycles. The first-order chi connectivity index (χ1) is 8.15. The summed E-state index contributed by atoms with van der Waals surface area (Å²) in [6.07, 6.45) is 2.07. The molecule has 0 unspecified atom stereocenters. The molecule has 1 aromatic carbocycles. The zero-order chi connectivity index (χ0) is 12.7. The predicted molar refractivity (Wildman–Crippen MR) is 64.2 cm³/mol. The number of rotatable bonds is 6. The smallest absolute Gasteiger partial charge is 0.251 e. The molecule has 0 aliphatic carbocycles. The van der Waals surface area contributed by atoms with Crippen molar-refractivity contribution >= 4 is 5.91 Å². The van der Waals surface area contributed by atoms with Crippen molar-refractivity contribution < 1.29 is 13.9 Å². The standard InChI is InChI=1S/C13H16FNO2/c1-3-17-8-4-7-15-13(16)12-6-5-11(14)9-10(12)2/h3,5-6,9H,1,4,7-8H2,2H3,(H,15,16). The van der Waals surface area contributed by atoms with Crippen molar-refractivity contribution in [2.75, 3.05) is 13.2 Å². The molecule has 0 fully saturated rings. The first-order valence-corrected chi connectivity index (χ1v) is 5.42. The van der Waals surface area contributed by atoms with Crippen LogP contribution in [0.3, 0.4) is 0 Å². The quantitative estimate of drug-likeness (QED) is 0.609. The molecule has 1 amide bonds. The summed E-state index contributed by atoms with van der Waals surface area (Å²) in [4.78, 5) is 11.7. The van der Waals surface area contributed by atoms with Crippen LogP contribution in [-0.4, -0.2) is 19.1 Å². The van der Waals surface area contributed by atoms with Gasteiger partial charge in [-0.1, -0.05) is 6.58 Å². The Morgan fingerprint density at radius 2 is 2.35 bits per heavy atom. The first kappa shape index (κ1) is 13.2. The summed E-state index contributed by atoms with van der Waals surface area (Å²) < 4.78 is 17.8. The van der Waals surface area contributed by atoms with Gasteiger partial charge in [0.2, 0.25) is 0 Å². The lowest BCUT2D eigenvalue weighted by atomic mass is 10.1. The normalized spacial score (nSPS) is 9.76. The number of carbonyl (C=O) groups excluding carboxylic acids is 1. The fraction of sp³-hybridized carbons (Fsp3) is 0.308.